The molecule has 0 heterocycles. The maximum Gasteiger partial charge on any atom is 0.420 e. The molecule has 0 unspecified atom stereocenters. The predicted octanol–water partition coefficient (Wildman–Crippen LogP) is 10.6. The van der Waals surface area contributed by atoms with Crippen LogP contribution in [0.25, 0.3) is 12.2 Å². The number of carbonyl (C=O) groups excluding carboxylic acids is 4. The van der Waals surface area contributed by atoms with Crippen LogP contribution in [0.2, 0.25) is 0 Å². The lowest BCUT2D eigenvalue weighted by atomic mass is 10.0. The maximum absolute atomic E-state index is 14.7. The zero-order valence-corrected chi connectivity index (χ0v) is 33.1. The van der Waals surface area contributed by atoms with Crippen LogP contribution in [0.3, 0.4) is 0 Å². The third-order valence-electron chi connectivity index (χ3n) is 8.28. The summed E-state index contributed by atoms with van der Waals surface area (Å²) in [6.07, 6.45) is -1.40. The Labute approximate surface area is 351 Å². The molecule has 0 aliphatic rings. The van der Waals surface area contributed by atoms with Crippen LogP contribution in [0.15, 0.2) is 86.0 Å². The van der Waals surface area contributed by atoms with Crippen LogP contribution in [0, 0.1) is 11.6 Å². The van der Waals surface area contributed by atoms with Gasteiger partial charge in [0.15, 0.2) is 11.6 Å². The van der Waals surface area contributed by atoms with Crippen LogP contribution in [-0.4, -0.2) is 50.3 Å². The first-order valence-electron chi connectivity index (χ1n) is 19.0. The molecule has 0 fully saturated rings. The average Bonchev–Trinajstić information content (AvgIpc) is 3.21. The summed E-state index contributed by atoms with van der Waals surface area (Å²) in [6, 6.07) is 7.68. The van der Waals surface area contributed by atoms with Crippen molar-refractivity contribution >= 4 is 36.0 Å². The second-order valence-corrected chi connectivity index (χ2v) is 13.0. The van der Waals surface area contributed by atoms with Gasteiger partial charge in [0.05, 0.1) is 26.4 Å². The van der Waals surface area contributed by atoms with E-state index in [1.165, 1.54) is 24.3 Å². The van der Waals surface area contributed by atoms with Crippen molar-refractivity contribution in [1.82, 2.24) is 0 Å². The second-order valence-electron chi connectivity index (χ2n) is 13.0. The number of hydrogen-bond donors (Lipinski definition) is 0. The Hall–Kier alpha value is -6.46. The zero-order valence-electron chi connectivity index (χ0n) is 33.1. The average molecular weight is 883 g/mol. The molecule has 0 radical (unpaired) electrons. The van der Waals surface area contributed by atoms with E-state index in [4.69, 9.17) is 18.9 Å². The molecular weight excluding hydrogens is 840 g/mol. The highest BCUT2D eigenvalue weighted by atomic mass is 19.4. The number of unbranched alkanes of at least 4 members (excludes halogenated alkanes) is 6. The van der Waals surface area contributed by atoms with Crippen molar-refractivity contribution in [2.45, 2.75) is 63.7 Å². The lowest BCUT2D eigenvalue weighted by molar-refractivity contribution is -0.164. The van der Waals surface area contributed by atoms with Gasteiger partial charge in [-0.2, -0.15) is 26.3 Å². The van der Waals surface area contributed by atoms with Crippen molar-refractivity contribution in [1.29, 1.82) is 0 Å². The van der Waals surface area contributed by atoms with Crippen molar-refractivity contribution in [3.63, 3.8) is 0 Å². The Balaban J connectivity index is 1.61. The largest absolute Gasteiger partial charge is 0.493 e. The van der Waals surface area contributed by atoms with E-state index in [1.54, 1.807) is 0 Å². The summed E-state index contributed by atoms with van der Waals surface area (Å²) >= 11 is 0. The second kappa shape index (κ2) is 24.7. The molecule has 3 aromatic rings. The minimum atomic E-state index is -5.80. The van der Waals surface area contributed by atoms with Gasteiger partial charge in [0.25, 0.3) is 0 Å². The van der Waals surface area contributed by atoms with Gasteiger partial charge in [-0.3, -0.25) is 0 Å². The highest BCUT2D eigenvalue weighted by molar-refractivity contribution is 5.90. The number of hydrogen-bond acceptors (Lipinski definition) is 10. The summed E-state index contributed by atoms with van der Waals surface area (Å²) in [5, 5.41) is 0. The molecule has 0 saturated carbocycles. The van der Waals surface area contributed by atoms with Crippen molar-refractivity contribution in [3.8, 4) is 23.0 Å². The minimum Gasteiger partial charge on any atom is -0.493 e. The van der Waals surface area contributed by atoms with E-state index in [2.05, 4.69) is 22.6 Å². The molecule has 62 heavy (non-hydrogen) atoms. The summed E-state index contributed by atoms with van der Waals surface area (Å²) in [5.74, 6) is -9.10. The van der Waals surface area contributed by atoms with E-state index in [-0.39, 0.29) is 49.1 Å². The number of carbonyl (C=O) groups is 4. The Kier molecular flexibility index (Phi) is 19.9. The first kappa shape index (κ1) is 49.9. The van der Waals surface area contributed by atoms with Gasteiger partial charge < -0.3 is 28.4 Å². The van der Waals surface area contributed by atoms with E-state index in [0.717, 1.165) is 55.7 Å². The first-order chi connectivity index (χ1) is 29.4. The molecule has 3 aromatic carbocycles. The lowest BCUT2D eigenvalue weighted by Gasteiger charge is -2.21. The third-order valence-corrected chi connectivity index (χ3v) is 8.28. The van der Waals surface area contributed by atoms with Gasteiger partial charge in [0.1, 0.15) is 34.2 Å². The Morgan fingerprint density at radius 2 is 0.984 bits per heavy atom. The molecule has 0 aliphatic heterocycles. The van der Waals surface area contributed by atoms with Crippen LogP contribution in [0.4, 0.5) is 35.1 Å². The van der Waals surface area contributed by atoms with Crippen LogP contribution < -0.4 is 18.9 Å². The van der Waals surface area contributed by atoms with Gasteiger partial charge in [0, 0.05) is 35.9 Å². The van der Waals surface area contributed by atoms with E-state index >= 15 is 0 Å². The summed E-state index contributed by atoms with van der Waals surface area (Å²) < 4.78 is 144. The Bertz CT molecular complexity index is 2090. The molecule has 0 aromatic heterocycles. The smallest absolute Gasteiger partial charge is 0.420 e. The quantitative estimate of drug-likeness (QED) is 0.0282. The molecule has 10 nitrogen and oxygen atoms in total. The fraction of sp³-hybridized carbons (Fsp3) is 0.318. The fourth-order valence-corrected chi connectivity index (χ4v) is 5.33. The molecule has 0 atom stereocenters. The molecule has 0 aliphatic carbocycles. The number of esters is 4. The monoisotopic (exact) mass is 882 g/mol. The highest BCUT2D eigenvalue weighted by Crippen LogP contribution is 2.49. The predicted molar refractivity (Wildman–Crippen MR) is 209 cm³/mol. The van der Waals surface area contributed by atoms with Crippen LogP contribution in [0.1, 0.15) is 73.6 Å². The molecule has 0 amide bonds. The zero-order chi connectivity index (χ0) is 45.7. The van der Waals surface area contributed by atoms with E-state index < -0.39 is 70.5 Å². The number of halogens is 8. The van der Waals surface area contributed by atoms with E-state index in [1.807, 2.05) is 0 Å². The summed E-state index contributed by atoms with van der Waals surface area (Å²) in [4.78, 5) is 47.0. The van der Waals surface area contributed by atoms with Crippen LogP contribution >= 0.6 is 0 Å². The molecule has 18 heteroatoms. The van der Waals surface area contributed by atoms with Gasteiger partial charge in [-0.15, -0.1) is 0 Å². The summed E-state index contributed by atoms with van der Waals surface area (Å²) in [6.45, 7) is 7.42. The number of benzene rings is 3. The lowest BCUT2D eigenvalue weighted by Crippen LogP contribution is -2.21. The minimum absolute atomic E-state index is 0.0257. The summed E-state index contributed by atoms with van der Waals surface area (Å²) in [5.41, 5.74) is -5.15. The number of rotatable bonds is 24. The van der Waals surface area contributed by atoms with Gasteiger partial charge in [-0.1, -0.05) is 19.2 Å². The van der Waals surface area contributed by atoms with Gasteiger partial charge in [0.2, 0.25) is 0 Å². The van der Waals surface area contributed by atoms with Crippen molar-refractivity contribution < 1.29 is 82.7 Å². The Morgan fingerprint density at radius 3 is 1.45 bits per heavy atom. The van der Waals surface area contributed by atoms with Crippen LogP contribution in [-0.2, 0) is 41.0 Å². The Morgan fingerprint density at radius 1 is 0.516 bits per heavy atom. The van der Waals surface area contributed by atoms with Crippen molar-refractivity contribution in [2.24, 2.45) is 0 Å². The fourth-order valence-electron chi connectivity index (χ4n) is 5.33. The molecular formula is C44H42F8O10. The van der Waals surface area contributed by atoms with Crippen molar-refractivity contribution in [3.05, 3.63) is 120 Å². The first-order valence-corrected chi connectivity index (χ1v) is 19.0. The van der Waals surface area contributed by atoms with E-state index in [0.29, 0.717) is 56.4 Å². The molecule has 3 rings (SSSR count). The molecule has 0 bridgehead atoms. The third kappa shape index (κ3) is 17.3. The maximum atomic E-state index is 14.7. The highest BCUT2D eigenvalue weighted by Gasteiger charge is 2.48. The van der Waals surface area contributed by atoms with Gasteiger partial charge in [-0.25, -0.2) is 28.0 Å². The number of alkyl halides is 6. The van der Waals surface area contributed by atoms with E-state index in [9.17, 15) is 54.3 Å². The van der Waals surface area contributed by atoms with Gasteiger partial charge in [-0.05, 0) is 105 Å². The molecule has 334 valence electrons. The SMILES string of the molecule is C=CC(=O)OCCCCCCOc1ccc(C=CC(=O)Oc2ccc(OC(=O)C=Cc3ccc(OCCCCCCOC(=O)C=C)c(F)c3)c(C(F)(F)F)c2C(F)(F)F)c(F)c1. The normalized spacial score (nSPS) is 11.6. The molecule has 0 saturated heterocycles. The topological polar surface area (TPSA) is 124 Å². The molecule has 0 N–H and O–H groups in total. The number of ether oxygens (including phenoxy) is 6. The standard InChI is InChI=1S/C44H42F8O10/c1-3-37(53)59-25-11-7-5-9-23-57-31-17-15-30(32(45)28-31)16-22-40(56)62-36-20-19-35(41(43(47,48)49)42(36)44(50,51)52)61-39(55)21-14-29-13-18-34(33(46)27-29)58-24-10-6-8-12-26-60-38(54)4-2/h3-4,13-22,27-28H,1-2,5-12,23-26H2. The van der Waals surface area contributed by atoms with Crippen molar-refractivity contribution in [2.75, 3.05) is 26.4 Å². The van der Waals surface area contributed by atoms with Gasteiger partial charge >= 0.3 is 36.2 Å². The summed E-state index contributed by atoms with van der Waals surface area (Å²) in [7, 11) is 0. The van der Waals surface area contributed by atoms with Crippen LogP contribution in [0.5, 0.6) is 23.0 Å². The molecule has 0 spiro atoms.